The number of aliphatic carboxylic acids is 1. The van der Waals surface area contributed by atoms with Crippen molar-refractivity contribution in [3.05, 3.63) is 11.9 Å². The highest BCUT2D eigenvalue weighted by molar-refractivity contribution is 7.20. The zero-order chi connectivity index (χ0) is 10.1. The summed E-state index contributed by atoms with van der Waals surface area (Å²) >= 11 is 1.33. The average molecular weight is 212 g/mol. The summed E-state index contributed by atoms with van der Waals surface area (Å²) in [5.74, 6) is -0.908. The van der Waals surface area contributed by atoms with Gasteiger partial charge in [-0.2, -0.15) is 0 Å². The number of carboxylic acid groups (broad SMARTS) is 1. The van der Waals surface area contributed by atoms with Crippen molar-refractivity contribution in [3.63, 3.8) is 0 Å². The predicted molar refractivity (Wildman–Crippen MR) is 51.7 cm³/mol. The van der Waals surface area contributed by atoms with E-state index in [1.165, 1.54) is 11.3 Å². The number of aromatic nitrogens is 3. The van der Waals surface area contributed by atoms with Crippen LogP contribution in [0, 0.1) is 6.92 Å². The fourth-order valence-electron chi connectivity index (χ4n) is 1.03. The molecule has 0 aliphatic carbocycles. The standard InChI is InChI=1S/C7H8N4O2S/c1-4-3-11-7(9-4)14-6(10-11)8-2-5(12)13/h3H,2H2,1H3,(H,8,10)(H,12,13). The first kappa shape index (κ1) is 8.95. The Labute approximate surface area is 83.2 Å². The molecule has 0 unspecified atom stereocenters. The summed E-state index contributed by atoms with van der Waals surface area (Å²) in [4.78, 5) is 15.2. The van der Waals surface area contributed by atoms with Gasteiger partial charge in [-0.1, -0.05) is 11.3 Å². The lowest BCUT2D eigenvalue weighted by Gasteiger charge is -1.94. The predicted octanol–water partition coefficient (Wildman–Crippen LogP) is 0.596. The summed E-state index contributed by atoms with van der Waals surface area (Å²) in [5.41, 5.74) is 0.897. The lowest BCUT2D eigenvalue weighted by Crippen LogP contribution is -2.12. The van der Waals surface area contributed by atoms with Gasteiger partial charge in [-0.3, -0.25) is 4.79 Å². The average Bonchev–Trinajstić information content (AvgIpc) is 2.57. The van der Waals surface area contributed by atoms with Crippen molar-refractivity contribution in [2.45, 2.75) is 6.92 Å². The van der Waals surface area contributed by atoms with Crippen LogP contribution in [0.5, 0.6) is 0 Å². The molecule has 0 saturated carbocycles. The molecule has 0 fully saturated rings. The van der Waals surface area contributed by atoms with Gasteiger partial charge >= 0.3 is 5.97 Å². The molecule has 2 aromatic rings. The fraction of sp³-hybridized carbons (Fsp3) is 0.286. The normalized spacial score (nSPS) is 10.6. The van der Waals surface area contributed by atoms with Crippen molar-refractivity contribution in [3.8, 4) is 0 Å². The van der Waals surface area contributed by atoms with E-state index in [0.717, 1.165) is 10.7 Å². The third-order valence-electron chi connectivity index (χ3n) is 1.55. The van der Waals surface area contributed by atoms with Gasteiger partial charge in [-0.05, 0) is 6.92 Å². The van der Waals surface area contributed by atoms with Gasteiger partial charge in [0.15, 0.2) is 0 Å². The summed E-state index contributed by atoms with van der Waals surface area (Å²) in [6.07, 6.45) is 1.79. The number of rotatable bonds is 3. The van der Waals surface area contributed by atoms with Gasteiger partial charge in [0.05, 0.1) is 11.9 Å². The SMILES string of the molecule is Cc1cn2nc(NCC(=O)O)sc2n1. The molecule has 2 heterocycles. The Kier molecular flexibility index (Phi) is 2.08. The van der Waals surface area contributed by atoms with E-state index in [2.05, 4.69) is 15.4 Å². The molecule has 0 amide bonds. The van der Waals surface area contributed by atoms with Crippen LogP contribution in [-0.2, 0) is 4.79 Å². The van der Waals surface area contributed by atoms with Gasteiger partial charge in [-0.25, -0.2) is 9.50 Å². The maximum absolute atomic E-state index is 10.3. The van der Waals surface area contributed by atoms with Crippen LogP contribution in [0.4, 0.5) is 5.13 Å². The van der Waals surface area contributed by atoms with Gasteiger partial charge in [-0.15, -0.1) is 5.10 Å². The van der Waals surface area contributed by atoms with Crippen molar-refractivity contribution < 1.29 is 9.90 Å². The summed E-state index contributed by atoms with van der Waals surface area (Å²) < 4.78 is 1.63. The molecule has 7 heteroatoms. The van der Waals surface area contributed by atoms with Crippen LogP contribution < -0.4 is 5.32 Å². The molecule has 0 bridgehead atoms. The maximum Gasteiger partial charge on any atom is 0.322 e. The smallest absolute Gasteiger partial charge is 0.322 e. The Morgan fingerprint density at radius 2 is 2.57 bits per heavy atom. The van der Waals surface area contributed by atoms with Gasteiger partial charge < -0.3 is 10.4 Å². The number of hydrogen-bond donors (Lipinski definition) is 2. The first-order chi connectivity index (χ1) is 6.65. The van der Waals surface area contributed by atoms with Gasteiger partial charge in [0.2, 0.25) is 10.1 Å². The Morgan fingerprint density at radius 1 is 1.79 bits per heavy atom. The number of hydrogen-bond acceptors (Lipinski definition) is 5. The van der Waals surface area contributed by atoms with Crippen molar-refractivity contribution >= 4 is 27.4 Å². The van der Waals surface area contributed by atoms with E-state index < -0.39 is 5.97 Å². The van der Waals surface area contributed by atoms with Crippen molar-refractivity contribution in [1.29, 1.82) is 0 Å². The molecule has 0 atom stereocenters. The minimum atomic E-state index is -0.908. The summed E-state index contributed by atoms with van der Waals surface area (Å²) in [7, 11) is 0. The number of nitrogens with one attached hydrogen (secondary N) is 1. The summed E-state index contributed by atoms with van der Waals surface area (Å²) in [6.45, 7) is 1.75. The van der Waals surface area contributed by atoms with E-state index in [4.69, 9.17) is 5.11 Å². The topological polar surface area (TPSA) is 79.5 Å². The Bertz CT molecular complexity index is 443. The summed E-state index contributed by atoms with van der Waals surface area (Å²) in [5, 5.41) is 15.8. The number of nitrogens with zero attached hydrogens (tertiary/aromatic N) is 3. The van der Waals surface area contributed by atoms with E-state index in [9.17, 15) is 4.79 Å². The fourth-order valence-corrected chi connectivity index (χ4v) is 1.85. The molecular weight excluding hydrogens is 204 g/mol. The third-order valence-corrected chi connectivity index (χ3v) is 2.43. The Hall–Kier alpha value is -1.63. The van der Waals surface area contributed by atoms with Gasteiger partial charge in [0.1, 0.15) is 6.54 Å². The van der Waals surface area contributed by atoms with E-state index in [1.54, 1.807) is 10.7 Å². The molecule has 6 nitrogen and oxygen atoms in total. The number of imidazole rings is 1. The van der Waals surface area contributed by atoms with Crippen molar-refractivity contribution in [1.82, 2.24) is 14.6 Å². The molecule has 0 saturated heterocycles. The Balaban J connectivity index is 2.19. The molecule has 0 aromatic carbocycles. The highest BCUT2D eigenvalue weighted by Gasteiger charge is 2.06. The van der Waals surface area contributed by atoms with Crippen LogP contribution >= 0.6 is 11.3 Å². The molecule has 0 aliphatic heterocycles. The van der Waals surface area contributed by atoms with Gasteiger partial charge in [0.25, 0.3) is 0 Å². The van der Waals surface area contributed by atoms with Crippen LogP contribution in [0.15, 0.2) is 6.20 Å². The maximum atomic E-state index is 10.3. The van der Waals surface area contributed by atoms with Crippen molar-refractivity contribution in [2.24, 2.45) is 0 Å². The molecular formula is C7H8N4O2S. The Morgan fingerprint density at radius 3 is 3.21 bits per heavy atom. The molecule has 2 N–H and O–H groups in total. The number of fused-ring (bicyclic) bond motifs is 1. The minimum absolute atomic E-state index is 0.129. The number of anilines is 1. The van der Waals surface area contributed by atoms with Crippen LogP contribution in [0.1, 0.15) is 5.69 Å². The second-order valence-corrected chi connectivity index (χ2v) is 3.72. The number of aryl methyl sites for hydroxylation is 1. The highest BCUT2D eigenvalue weighted by atomic mass is 32.1. The molecule has 74 valence electrons. The second-order valence-electron chi connectivity index (χ2n) is 2.76. The van der Waals surface area contributed by atoms with Gasteiger partial charge in [0, 0.05) is 0 Å². The monoisotopic (exact) mass is 212 g/mol. The zero-order valence-corrected chi connectivity index (χ0v) is 8.21. The molecule has 0 spiro atoms. The minimum Gasteiger partial charge on any atom is -0.480 e. The second kappa shape index (κ2) is 3.26. The first-order valence-electron chi connectivity index (χ1n) is 3.93. The molecule has 0 radical (unpaired) electrons. The quantitative estimate of drug-likeness (QED) is 0.778. The molecule has 2 rings (SSSR count). The van der Waals surface area contributed by atoms with Crippen LogP contribution in [0.25, 0.3) is 4.96 Å². The third kappa shape index (κ3) is 1.67. The van der Waals surface area contributed by atoms with E-state index >= 15 is 0 Å². The van der Waals surface area contributed by atoms with Crippen LogP contribution in [0.2, 0.25) is 0 Å². The van der Waals surface area contributed by atoms with E-state index in [1.807, 2.05) is 6.92 Å². The summed E-state index contributed by atoms with van der Waals surface area (Å²) in [6, 6.07) is 0. The largest absolute Gasteiger partial charge is 0.480 e. The van der Waals surface area contributed by atoms with Crippen LogP contribution in [0.3, 0.4) is 0 Å². The molecule has 14 heavy (non-hydrogen) atoms. The van der Waals surface area contributed by atoms with Crippen molar-refractivity contribution in [2.75, 3.05) is 11.9 Å². The zero-order valence-electron chi connectivity index (χ0n) is 7.39. The number of carbonyl (C=O) groups is 1. The molecule has 2 aromatic heterocycles. The number of carboxylic acids is 1. The van der Waals surface area contributed by atoms with E-state index in [0.29, 0.717) is 5.13 Å². The highest BCUT2D eigenvalue weighted by Crippen LogP contribution is 2.18. The van der Waals surface area contributed by atoms with E-state index in [-0.39, 0.29) is 6.54 Å². The lowest BCUT2D eigenvalue weighted by molar-refractivity contribution is -0.134. The van der Waals surface area contributed by atoms with Crippen LogP contribution in [-0.4, -0.2) is 32.2 Å². The lowest BCUT2D eigenvalue weighted by atomic mass is 10.6. The first-order valence-corrected chi connectivity index (χ1v) is 4.75. The molecule has 0 aliphatic rings.